The van der Waals surface area contributed by atoms with Crippen molar-refractivity contribution in [2.45, 2.75) is 13.8 Å². The zero-order valence-corrected chi connectivity index (χ0v) is 13.1. The van der Waals surface area contributed by atoms with Gasteiger partial charge in [0.2, 0.25) is 0 Å². The molecule has 0 spiro atoms. The molecule has 1 N–H and O–H groups in total. The molecule has 110 valence electrons. The molecule has 1 aromatic carbocycles. The highest BCUT2D eigenvalue weighted by Crippen LogP contribution is 2.24. The largest absolute Gasteiger partial charge is 0.340 e. The summed E-state index contributed by atoms with van der Waals surface area (Å²) in [6.07, 6.45) is 1.71. The lowest BCUT2D eigenvalue weighted by molar-refractivity contribution is 1.14. The number of nitrogens with zero attached hydrogens (tertiary/aromatic N) is 3. The van der Waals surface area contributed by atoms with E-state index in [1.54, 1.807) is 12.3 Å². The van der Waals surface area contributed by atoms with Crippen LogP contribution in [0, 0.1) is 13.8 Å². The predicted molar refractivity (Wildman–Crippen MR) is 89.5 cm³/mol. The molecule has 0 saturated carbocycles. The van der Waals surface area contributed by atoms with Crippen LogP contribution >= 0.6 is 11.6 Å². The summed E-state index contributed by atoms with van der Waals surface area (Å²) in [5.74, 6) is 1.15. The summed E-state index contributed by atoms with van der Waals surface area (Å²) in [6.45, 7) is 4.15. The summed E-state index contributed by atoms with van der Waals surface area (Å²) in [5, 5.41) is 3.68. The number of aryl methyl sites for hydroxylation is 1. The Kier molecular flexibility index (Phi) is 4.02. The van der Waals surface area contributed by atoms with Gasteiger partial charge in [-0.2, -0.15) is 0 Å². The van der Waals surface area contributed by atoms with Crippen molar-refractivity contribution in [1.29, 1.82) is 0 Å². The smallest absolute Gasteiger partial charge is 0.181 e. The van der Waals surface area contributed by atoms with Crippen LogP contribution in [0.2, 0.25) is 5.15 Å². The summed E-state index contributed by atoms with van der Waals surface area (Å²) >= 11 is 6.12. The summed E-state index contributed by atoms with van der Waals surface area (Å²) in [5.41, 5.74) is 4.09. The van der Waals surface area contributed by atoms with Crippen molar-refractivity contribution in [3.8, 4) is 11.5 Å². The maximum Gasteiger partial charge on any atom is 0.181 e. The molecular formula is C17H15ClN4. The van der Waals surface area contributed by atoms with Gasteiger partial charge in [-0.15, -0.1) is 0 Å². The van der Waals surface area contributed by atoms with Crippen molar-refractivity contribution in [3.63, 3.8) is 0 Å². The van der Waals surface area contributed by atoms with Crippen molar-refractivity contribution in [1.82, 2.24) is 15.0 Å². The highest BCUT2D eigenvalue weighted by Gasteiger charge is 2.08. The average molecular weight is 311 g/mol. The van der Waals surface area contributed by atoms with E-state index in [9.17, 15) is 0 Å². The quantitative estimate of drug-likeness (QED) is 0.721. The molecule has 2 aromatic heterocycles. The third-order valence-corrected chi connectivity index (χ3v) is 3.65. The van der Waals surface area contributed by atoms with Crippen LogP contribution in [0.1, 0.15) is 11.1 Å². The van der Waals surface area contributed by atoms with Gasteiger partial charge in [-0.3, -0.25) is 4.98 Å². The molecule has 0 atom stereocenters. The van der Waals surface area contributed by atoms with Crippen molar-refractivity contribution in [2.24, 2.45) is 0 Å². The fourth-order valence-corrected chi connectivity index (χ4v) is 2.30. The lowest BCUT2D eigenvalue weighted by atomic mass is 10.1. The van der Waals surface area contributed by atoms with Crippen LogP contribution in [0.5, 0.6) is 0 Å². The first-order valence-corrected chi connectivity index (χ1v) is 7.30. The molecule has 0 aliphatic heterocycles. The van der Waals surface area contributed by atoms with Crippen LogP contribution in [-0.2, 0) is 0 Å². The highest BCUT2D eigenvalue weighted by molar-refractivity contribution is 6.29. The molecule has 0 bridgehead atoms. The second kappa shape index (κ2) is 6.12. The summed E-state index contributed by atoms with van der Waals surface area (Å²) in [6, 6.07) is 13.4. The lowest BCUT2D eigenvalue weighted by Crippen LogP contribution is -2.00. The maximum absolute atomic E-state index is 6.12. The molecule has 0 amide bonds. The minimum atomic E-state index is 0.378. The number of nitrogens with one attached hydrogen (secondary N) is 1. The van der Waals surface area contributed by atoms with Crippen molar-refractivity contribution in [2.75, 3.05) is 5.32 Å². The average Bonchev–Trinajstić information content (AvgIpc) is 2.52. The van der Waals surface area contributed by atoms with Crippen LogP contribution in [0.25, 0.3) is 11.5 Å². The van der Waals surface area contributed by atoms with Crippen molar-refractivity contribution >= 4 is 23.1 Å². The van der Waals surface area contributed by atoms with Gasteiger partial charge in [0.25, 0.3) is 0 Å². The van der Waals surface area contributed by atoms with E-state index in [0.29, 0.717) is 22.5 Å². The van der Waals surface area contributed by atoms with E-state index < -0.39 is 0 Å². The van der Waals surface area contributed by atoms with Crippen LogP contribution in [0.3, 0.4) is 0 Å². The standard InChI is InChI=1S/C17H15ClN4/c1-11-6-5-8-13(12(11)2)20-16-10-15(18)21-17(22-16)14-7-3-4-9-19-14/h3-10H,1-2H3,(H,20,21,22). The molecule has 5 heteroatoms. The molecule has 4 nitrogen and oxygen atoms in total. The molecule has 0 saturated heterocycles. The van der Waals surface area contributed by atoms with E-state index in [1.165, 1.54) is 11.1 Å². The summed E-state index contributed by atoms with van der Waals surface area (Å²) in [4.78, 5) is 13.0. The van der Waals surface area contributed by atoms with Gasteiger partial charge in [0.1, 0.15) is 16.7 Å². The molecule has 3 aromatic rings. The van der Waals surface area contributed by atoms with E-state index in [-0.39, 0.29) is 0 Å². The van der Waals surface area contributed by atoms with Gasteiger partial charge in [-0.1, -0.05) is 29.8 Å². The fourth-order valence-electron chi connectivity index (χ4n) is 2.12. The van der Waals surface area contributed by atoms with Crippen molar-refractivity contribution < 1.29 is 0 Å². The van der Waals surface area contributed by atoms with Gasteiger partial charge in [0.05, 0.1) is 0 Å². The van der Waals surface area contributed by atoms with Gasteiger partial charge in [-0.05, 0) is 43.2 Å². The molecule has 0 fully saturated rings. The predicted octanol–water partition coefficient (Wildman–Crippen LogP) is 4.55. The molecule has 0 aliphatic carbocycles. The van der Waals surface area contributed by atoms with Gasteiger partial charge in [-0.25, -0.2) is 9.97 Å². The maximum atomic E-state index is 6.12. The SMILES string of the molecule is Cc1cccc(Nc2cc(Cl)nc(-c3ccccn3)n2)c1C. The van der Waals surface area contributed by atoms with Crippen LogP contribution in [0.15, 0.2) is 48.7 Å². The Morgan fingerprint density at radius 3 is 2.64 bits per heavy atom. The normalized spacial score (nSPS) is 10.5. The van der Waals surface area contributed by atoms with E-state index in [1.807, 2.05) is 30.3 Å². The minimum Gasteiger partial charge on any atom is -0.340 e. The molecule has 3 rings (SSSR count). The first-order chi connectivity index (χ1) is 10.6. The summed E-state index contributed by atoms with van der Waals surface area (Å²) in [7, 11) is 0. The molecule has 0 radical (unpaired) electrons. The zero-order chi connectivity index (χ0) is 15.5. The zero-order valence-electron chi connectivity index (χ0n) is 12.3. The second-order valence-electron chi connectivity index (χ2n) is 4.99. The molecule has 22 heavy (non-hydrogen) atoms. The number of hydrogen-bond acceptors (Lipinski definition) is 4. The van der Waals surface area contributed by atoms with Crippen LogP contribution < -0.4 is 5.32 Å². The van der Waals surface area contributed by atoms with Gasteiger partial charge in [0.15, 0.2) is 5.82 Å². The van der Waals surface area contributed by atoms with E-state index in [0.717, 1.165) is 5.69 Å². The Morgan fingerprint density at radius 1 is 1.00 bits per heavy atom. The van der Waals surface area contributed by atoms with Crippen molar-refractivity contribution in [3.05, 3.63) is 64.9 Å². The summed E-state index contributed by atoms with van der Waals surface area (Å²) < 4.78 is 0. The first kappa shape index (κ1) is 14.5. The Hall–Kier alpha value is -2.46. The number of anilines is 2. The van der Waals surface area contributed by atoms with E-state index in [4.69, 9.17) is 11.6 Å². The Morgan fingerprint density at radius 2 is 1.86 bits per heavy atom. The topological polar surface area (TPSA) is 50.7 Å². The molecular weight excluding hydrogens is 296 g/mol. The highest BCUT2D eigenvalue weighted by atomic mass is 35.5. The second-order valence-corrected chi connectivity index (χ2v) is 5.37. The number of hydrogen-bond donors (Lipinski definition) is 1. The number of pyridine rings is 1. The Labute approximate surface area is 134 Å². The number of rotatable bonds is 3. The number of halogens is 1. The first-order valence-electron chi connectivity index (χ1n) is 6.93. The number of benzene rings is 1. The van der Waals surface area contributed by atoms with E-state index >= 15 is 0 Å². The van der Waals surface area contributed by atoms with Crippen LogP contribution in [0.4, 0.5) is 11.5 Å². The Bertz CT molecular complexity index is 803. The lowest BCUT2D eigenvalue weighted by Gasteiger charge is -2.11. The number of aromatic nitrogens is 3. The third kappa shape index (κ3) is 3.07. The van der Waals surface area contributed by atoms with Gasteiger partial charge in [0, 0.05) is 18.0 Å². The van der Waals surface area contributed by atoms with Gasteiger partial charge >= 0.3 is 0 Å². The molecule has 2 heterocycles. The Balaban J connectivity index is 1.98. The monoisotopic (exact) mass is 310 g/mol. The fraction of sp³-hybridized carbons (Fsp3) is 0.118. The van der Waals surface area contributed by atoms with Crippen LogP contribution in [-0.4, -0.2) is 15.0 Å². The molecule has 0 unspecified atom stereocenters. The van der Waals surface area contributed by atoms with Gasteiger partial charge < -0.3 is 5.32 Å². The third-order valence-electron chi connectivity index (χ3n) is 3.46. The minimum absolute atomic E-state index is 0.378. The van der Waals surface area contributed by atoms with E-state index in [2.05, 4.69) is 40.2 Å². The molecule has 0 aliphatic rings.